The van der Waals surface area contributed by atoms with E-state index in [0.717, 1.165) is 5.56 Å². The maximum Gasteiger partial charge on any atom is 0.319 e. The van der Waals surface area contributed by atoms with Crippen molar-refractivity contribution < 1.29 is 23.1 Å². The molecule has 6 nitrogen and oxygen atoms in total. The Morgan fingerprint density at radius 2 is 1.52 bits per heavy atom. The van der Waals surface area contributed by atoms with Crippen molar-refractivity contribution in [1.29, 1.82) is 0 Å². The van der Waals surface area contributed by atoms with Crippen LogP contribution < -0.4 is 10.6 Å². The second kappa shape index (κ2) is 9.43. The highest BCUT2D eigenvalue weighted by molar-refractivity contribution is 5.89. The highest BCUT2D eigenvalue weighted by atomic mass is 19.1. The summed E-state index contributed by atoms with van der Waals surface area (Å²) in [5.41, 5.74) is 1.36. The van der Waals surface area contributed by atoms with Gasteiger partial charge in [-0.3, -0.25) is 4.79 Å². The molecule has 0 unspecified atom stereocenters. The monoisotopic (exact) mass is 429 g/mol. The highest BCUT2D eigenvalue weighted by Crippen LogP contribution is 2.41. The molecule has 1 aliphatic heterocycles. The standard InChI is InChI=1S/C23H25F2N3O3/c24-16-3-1-15(2-4-16)20-13-19(14-21(20)22(29)28-9-11-31-12-10-28)27-23(30)26-18-7-5-17(25)6-8-18/h1-8,19-21H,9-14H2,(H2,26,27,30)/t19-,20+,21-/m0/s1. The zero-order valence-electron chi connectivity index (χ0n) is 17.0. The number of halogens is 2. The zero-order chi connectivity index (χ0) is 21.8. The number of benzene rings is 2. The van der Waals surface area contributed by atoms with E-state index in [1.54, 1.807) is 12.1 Å². The van der Waals surface area contributed by atoms with Gasteiger partial charge in [-0.2, -0.15) is 0 Å². The van der Waals surface area contributed by atoms with Crippen LogP contribution in [0.25, 0.3) is 0 Å². The topological polar surface area (TPSA) is 70.7 Å². The Morgan fingerprint density at radius 1 is 0.903 bits per heavy atom. The second-order valence-electron chi connectivity index (χ2n) is 7.98. The summed E-state index contributed by atoms with van der Waals surface area (Å²) in [7, 11) is 0. The number of nitrogens with zero attached hydrogens (tertiary/aromatic N) is 1. The second-order valence-corrected chi connectivity index (χ2v) is 7.98. The number of carbonyl (C=O) groups is 2. The molecule has 0 radical (unpaired) electrons. The Morgan fingerprint density at radius 3 is 2.16 bits per heavy atom. The van der Waals surface area contributed by atoms with Gasteiger partial charge in [-0.15, -0.1) is 0 Å². The molecule has 31 heavy (non-hydrogen) atoms. The molecule has 0 aromatic heterocycles. The van der Waals surface area contributed by atoms with Gasteiger partial charge < -0.3 is 20.3 Å². The van der Waals surface area contributed by atoms with Crippen LogP contribution in [0.4, 0.5) is 19.3 Å². The largest absolute Gasteiger partial charge is 0.378 e. The number of hydrogen-bond acceptors (Lipinski definition) is 3. The number of morpholine rings is 1. The normalized spacial score (nSPS) is 23.4. The third-order valence-corrected chi connectivity index (χ3v) is 5.94. The van der Waals surface area contributed by atoms with Crippen LogP contribution in [-0.4, -0.2) is 49.2 Å². The molecule has 2 aliphatic rings. The van der Waals surface area contributed by atoms with E-state index < -0.39 is 6.03 Å². The summed E-state index contributed by atoms with van der Waals surface area (Å²) < 4.78 is 31.8. The van der Waals surface area contributed by atoms with Crippen LogP contribution in [-0.2, 0) is 9.53 Å². The Labute approximate surface area is 179 Å². The van der Waals surface area contributed by atoms with E-state index in [-0.39, 0.29) is 35.4 Å². The SMILES string of the molecule is O=C(Nc1ccc(F)cc1)N[C@@H]1C[C@H](C(=O)N2CCOCC2)[C@@H](c2ccc(F)cc2)C1. The molecule has 1 aliphatic carbocycles. The first-order valence-electron chi connectivity index (χ1n) is 10.4. The van der Waals surface area contributed by atoms with Gasteiger partial charge in [0.05, 0.1) is 13.2 Å². The van der Waals surface area contributed by atoms with E-state index >= 15 is 0 Å². The molecule has 2 N–H and O–H groups in total. The molecule has 2 fully saturated rings. The lowest BCUT2D eigenvalue weighted by Gasteiger charge is -2.31. The average Bonchev–Trinajstić information content (AvgIpc) is 3.19. The molecule has 0 bridgehead atoms. The maximum atomic E-state index is 13.4. The van der Waals surface area contributed by atoms with Crippen molar-refractivity contribution >= 4 is 17.6 Å². The first kappa shape index (κ1) is 21.2. The van der Waals surface area contributed by atoms with Gasteiger partial charge in [-0.05, 0) is 60.7 Å². The minimum Gasteiger partial charge on any atom is -0.378 e. The van der Waals surface area contributed by atoms with Crippen LogP contribution in [0.1, 0.15) is 24.3 Å². The van der Waals surface area contributed by atoms with Crippen molar-refractivity contribution in [1.82, 2.24) is 10.2 Å². The molecule has 1 heterocycles. The minimum atomic E-state index is -0.408. The molecule has 2 aromatic carbocycles. The summed E-state index contributed by atoms with van der Waals surface area (Å²) in [5.74, 6) is -1.09. The molecule has 1 saturated carbocycles. The lowest BCUT2D eigenvalue weighted by molar-refractivity contribution is -0.140. The quantitative estimate of drug-likeness (QED) is 0.782. The van der Waals surface area contributed by atoms with E-state index in [0.29, 0.717) is 44.8 Å². The van der Waals surface area contributed by atoms with Gasteiger partial charge in [-0.1, -0.05) is 12.1 Å². The summed E-state index contributed by atoms with van der Waals surface area (Å²) in [6, 6.07) is 11.1. The van der Waals surface area contributed by atoms with Gasteiger partial charge in [-0.25, -0.2) is 13.6 Å². The van der Waals surface area contributed by atoms with Crippen LogP contribution in [0.3, 0.4) is 0 Å². The van der Waals surface area contributed by atoms with Crippen molar-refractivity contribution in [3.63, 3.8) is 0 Å². The Balaban J connectivity index is 1.46. The number of amides is 3. The van der Waals surface area contributed by atoms with E-state index in [2.05, 4.69) is 10.6 Å². The van der Waals surface area contributed by atoms with Gasteiger partial charge in [0.2, 0.25) is 5.91 Å². The van der Waals surface area contributed by atoms with E-state index in [1.165, 1.54) is 36.4 Å². The van der Waals surface area contributed by atoms with Crippen molar-refractivity contribution in [2.75, 3.05) is 31.6 Å². The lowest BCUT2D eigenvalue weighted by Crippen LogP contribution is -2.44. The molecular weight excluding hydrogens is 404 g/mol. The van der Waals surface area contributed by atoms with Crippen LogP contribution in [0.2, 0.25) is 0 Å². The fourth-order valence-electron chi connectivity index (χ4n) is 4.41. The lowest BCUT2D eigenvalue weighted by atomic mass is 9.88. The third kappa shape index (κ3) is 5.19. The van der Waals surface area contributed by atoms with Crippen LogP contribution in [0.15, 0.2) is 48.5 Å². The average molecular weight is 429 g/mol. The fraction of sp³-hybridized carbons (Fsp3) is 0.391. The van der Waals surface area contributed by atoms with E-state index in [9.17, 15) is 18.4 Å². The third-order valence-electron chi connectivity index (χ3n) is 5.94. The van der Waals surface area contributed by atoms with Crippen molar-refractivity contribution in [2.24, 2.45) is 5.92 Å². The molecule has 4 rings (SSSR count). The predicted octanol–water partition coefficient (Wildman–Crippen LogP) is 3.51. The molecule has 2 aromatic rings. The smallest absolute Gasteiger partial charge is 0.319 e. The van der Waals surface area contributed by atoms with Gasteiger partial charge in [0.25, 0.3) is 0 Å². The summed E-state index contributed by atoms with van der Waals surface area (Å²) >= 11 is 0. The van der Waals surface area contributed by atoms with E-state index in [4.69, 9.17) is 4.74 Å². The Bertz CT molecular complexity index is 915. The Hall–Kier alpha value is -3.00. The first-order valence-corrected chi connectivity index (χ1v) is 10.4. The molecular formula is C23H25F2N3O3. The van der Waals surface area contributed by atoms with Crippen molar-refractivity contribution in [3.05, 3.63) is 65.7 Å². The van der Waals surface area contributed by atoms with Gasteiger partial charge >= 0.3 is 6.03 Å². The molecule has 3 amide bonds. The fourth-order valence-corrected chi connectivity index (χ4v) is 4.41. The number of rotatable bonds is 4. The zero-order valence-corrected chi connectivity index (χ0v) is 17.0. The number of hydrogen-bond donors (Lipinski definition) is 2. The summed E-state index contributed by atoms with van der Waals surface area (Å²) in [6.45, 7) is 2.13. The van der Waals surface area contributed by atoms with Crippen LogP contribution in [0.5, 0.6) is 0 Å². The first-order chi connectivity index (χ1) is 15.0. The molecule has 1 saturated heterocycles. The highest BCUT2D eigenvalue weighted by Gasteiger charge is 2.42. The van der Waals surface area contributed by atoms with Gasteiger partial charge in [0, 0.05) is 30.7 Å². The predicted molar refractivity (Wildman–Crippen MR) is 112 cm³/mol. The van der Waals surface area contributed by atoms with Crippen molar-refractivity contribution in [2.45, 2.75) is 24.8 Å². The van der Waals surface area contributed by atoms with Gasteiger partial charge in [0.1, 0.15) is 11.6 Å². The van der Waals surface area contributed by atoms with Gasteiger partial charge in [0.15, 0.2) is 0 Å². The Kier molecular flexibility index (Phi) is 6.46. The number of anilines is 1. The molecule has 8 heteroatoms. The number of ether oxygens (including phenoxy) is 1. The number of carbonyl (C=O) groups excluding carboxylic acids is 2. The summed E-state index contributed by atoms with van der Waals surface area (Å²) in [5, 5.41) is 5.61. The summed E-state index contributed by atoms with van der Waals surface area (Å²) in [4.78, 5) is 27.5. The van der Waals surface area contributed by atoms with E-state index in [1.807, 2.05) is 4.90 Å². The maximum absolute atomic E-state index is 13.4. The van der Waals surface area contributed by atoms with Crippen LogP contribution >= 0.6 is 0 Å². The van der Waals surface area contributed by atoms with Crippen LogP contribution in [0, 0.1) is 17.6 Å². The minimum absolute atomic E-state index is 0.0425. The van der Waals surface area contributed by atoms with Crippen molar-refractivity contribution in [3.8, 4) is 0 Å². The summed E-state index contributed by atoms with van der Waals surface area (Å²) in [6.07, 6.45) is 1.07. The number of nitrogens with one attached hydrogen (secondary N) is 2. The molecule has 3 atom stereocenters. The molecule has 0 spiro atoms. The number of urea groups is 1. The molecule has 164 valence electrons.